The molecule has 1 aromatic carbocycles. The highest BCUT2D eigenvalue weighted by Crippen LogP contribution is 2.23. The standard InChI is InChI=1S/C20H30ClN5O2.HI/c1-22-20(23-14-16-5-6-17(21)13-18(16)28-2)26-11-9-24(10-12-26)15-19(27)25-7-3-4-8-25;/h5-6,13H,3-4,7-12,14-15H2,1-2H3,(H,22,23);1H. The van der Waals surface area contributed by atoms with Gasteiger partial charge >= 0.3 is 0 Å². The number of methoxy groups -OCH3 is 1. The number of hydrogen-bond acceptors (Lipinski definition) is 4. The highest BCUT2D eigenvalue weighted by molar-refractivity contribution is 14.0. The first-order valence-corrected chi connectivity index (χ1v) is 10.3. The van der Waals surface area contributed by atoms with Crippen LogP contribution in [0.5, 0.6) is 5.75 Å². The maximum absolute atomic E-state index is 12.3. The number of ether oxygens (including phenoxy) is 1. The van der Waals surface area contributed by atoms with Gasteiger partial charge < -0.3 is 19.9 Å². The Bertz CT molecular complexity index is 704. The van der Waals surface area contributed by atoms with Crippen molar-refractivity contribution in [3.05, 3.63) is 28.8 Å². The minimum Gasteiger partial charge on any atom is -0.496 e. The Kier molecular flexibility index (Phi) is 9.78. The number of hydrogen-bond donors (Lipinski definition) is 1. The lowest BCUT2D eigenvalue weighted by atomic mass is 10.2. The fourth-order valence-electron chi connectivity index (χ4n) is 3.75. The summed E-state index contributed by atoms with van der Waals surface area (Å²) >= 11 is 6.03. The van der Waals surface area contributed by atoms with E-state index in [1.807, 2.05) is 23.1 Å². The fraction of sp³-hybridized carbons (Fsp3) is 0.600. The number of halogens is 2. The average molecular weight is 536 g/mol. The van der Waals surface area contributed by atoms with Crippen LogP contribution in [0.4, 0.5) is 0 Å². The van der Waals surface area contributed by atoms with Gasteiger partial charge in [0, 0.05) is 63.4 Å². The molecule has 29 heavy (non-hydrogen) atoms. The molecule has 2 aliphatic rings. The normalized spacial score (nSPS) is 17.8. The quantitative estimate of drug-likeness (QED) is 0.356. The molecule has 1 amide bonds. The van der Waals surface area contributed by atoms with Crippen LogP contribution in [0.1, 0.15) is 18.4 Å². The van der Waals surface area contributed by atoms with Crippen molar-refractivity contribution in [2.24, 2.45) is 4.99 Å². The van der Waals surface area contributed by atoms with Gasteiger partial charge in [0.1, 0.15) is 5.75 Å². The predicted molar refractivity (Wildman–Crippen MR) is 127 cm³/mol. The van der Waals surface area contributed by atoms with E-state index in [-0.39, 0.29) is 29.9 Å². The zero-order valence-electron chi connectivity index (χ0n) is 17.2. The highest BCUT2D eigenvalue weighted by Gasteiger charge is 2.24. The molecular formula is C20H31ClIN5O2. The molecule has 162 valence electrons. The smallest absolute Gasteiger partial charge is 0.236 e. The van der Waals surface area contributed by atoms with E-state index in [1.165, 1.54) is 0 Å². The highest BCUT2D eigenvalue weighted by atomic mass is 127. The predicted octanol–water partition coefficient (Wildman–Crippen LogP) is 2.28. The van der Waals surface area contributed by atoms with Crippen LogP contribution in [0.2, 0.25) is 5.02 Å². The van der Waals surface area contributed by atoms with Crippen molar-refractivity contribution in [3.63, 3.8) is 0 Å². The van der Waals surface area contributed by atoms with Crippen molar-refractivity contribution >= 4 is 47.4 Å². The zero-order chi connectivity index (χ0) is 19.9. The van der Waals surface area contributed by atoms with E-state index < -0.39 is 0 Å². The van der Waals surface area contributed by atoms with Crippen molar-refractivity contribution in [2.45, 2.75) is 19.4 Å². The molecule has 2 aliphatic heterocycles. The Hall–Kier alpha value is -1.26. The zero-order valence-corrected chi connectivity index (χ0v) is 20.3. The molecule has 0 spiro atoms. The van der Waals surface area contributed by atoms with Crippen molar-refractivity contribution in [1.29, 1.82) is 0 Å². The fourth-order valence-corrected chi connectivity index (χ4v) is 3.91. The number of amides is 1. The molecule has 9 heteroatoms. The summed E-state index contributed by atoms with van der Waals surface area (Å²) in [5, 5.41) is 4.07. The first-order chi connectivity index (χ1) is 13.6. The van der Waals surface area contributed by atoms with Gasteiger partial charge in [-0.05, 0) is 25.0 Å². The molecule has 0 aliphatic carbocycles. The van der Waals surface area contributed by atoms with E-state index in [4.69, 9.17) is 16.3 Å². The summed E-state index contributed by atoms with van der Waals surface area (Å²) in [6.07, 6.45) is 2.28. The molecule has 0 aromatic heterocycles. The van der Waals surface area contributed by atoms with Gasteiger partial charge in [-0.3, -0.25) is 14.7 Å². The van der Waals surface area contributed by atoms with Gasteiger partial charge in [0.2, 0.25) is 5.91 Å². The lowest BCUT2D eigenvalue weighted by Crippen LogP contribution is -2.54. The number of piperazine rings is 1. The van der Waals surface area contributed by atoms with E-state index in [2.05, 4.69) is 20.1 Å². The largest absolute Gasteiger partial charge is 0.496 e. The molecule has 0 atom stereocenters. The second-order valence-electron chi connectivity index (χ2n) is 7.21. The second-order valence-corrected chi connectivity index (χ2v) is 7.64. The van der Waals surface area contributed by atoms with E-state index >= 15 is 0 Å². The monoisotopic (exact) mass is 535 g/mol. The molecule has 2 fully saturated rings. The Labute approximate surface area is 195 Å². The minimum absolute atomic E-state index is 0. The first kappa shape index (κ1) is 24.0. The lowest BCUT2D eigenvalue weighted by Gasteiger charge is -2.36. The summed E-state index contributed by atoms with van der Waals surface area (Å²) < 4.78 is 5.41. The number of guanidine groups is 1. The van der Waals surface area contributed by atoms with Crippen LogP contribution in [0, 0.1) is 0 Å². The Balaban J connectivity index is 0.00000300. The summed E-state index contributed by atoms with van der Waals surface area (Å²) in [5.74, 6) is 1.89. The lowest BCUT2D eigenvalue weighted by molar-refractivity contribution is -0.131. The van der Waals surface area contributed by atoms with Gasteiger partial charge in [0.05, 0.1) is 13.7 Å². The van der Waals surface area contributed by atoms with E-state index in [0.717, 1.165) is 69.4 Å². The molecule has 1 aromatic rings. The molecule has 0 radical (unpaired) electrons. The number of carbonyl (C=O) groups excluding carboxylic acids is 1. The van der Waals surface area contributed by atoms with Gasteiger partial charge in [-0.2, -0.15) is 0 Å². The van der Waals surface area contributed by atoms with E-state index in [0.29, 0.717) is 18.1 Å². The summed E-state index contributed by atoms with van der Waals surface area (Å²) in [6.45, 7) is 6.42. The molecule has 7 nitrogen and oxygen atoms in total. The number of aliphatic imine (C=N–C) groups is 1. The molecule has 0 saturated carbocycles. The molecule has 2 saturated heterocycles. The molecule has 0 bridgehead atoms. The van der Waals surface area contributed by atoms with Crippen LogP contribution in [0.3, 0.4) is 0 Å². The molecule has 2 heterocycles. The third-order valence-electron chi connectivity index (χ3n) is 5.39. The third kappa shape index (κ3) is 6.62. The molecular weight excluding hydrogens is 505 g/mol. The maximum atomic E-state index is 12.3. The van der Waals surface area contributed by atoms with Crippen LogP contribution in [-0.4, -0.2) is 86.5 Å². The van der Waals surface area contributed by atoms with Crippen LogP contribution in [0.15, 0.2) is 23.2 Å². The summed E-state index contributed by atoms with van der Waals surface area (Å²) in [6, 6.07) is 5.64. The number of nitrogens with zero attached hydrogens (tertiary/aromatic N) is 4. The summed E-state index contributed by atoms with van der Waals surface area (Å²) in [4.78, 5) is 23.2. The summed E-state index contributed by atoms with van der Waals surface area (Å²) in [5.41, 5.74) is 1.03. The number of benzene rings is 1. The van der Waals surface area contributed by atoms with E-state index in [9.17, 15) is 4.79 Å². The Morgan fingerprint density at radius 3 is 2.45 bits per heavy atom. The van der Waals surface area contributed by atoms with Crippen molar-refractivity contribution < 1.29 is 9.53 Å². The van der Waals surface area contributed by atoms with Crippen LogP contribution >= 0.6 is 35.6 Å². The number of rotatable bonds is 5. The molecule has 3 rings (SSSR count). The minimum atomic E-state index is 0. The Morgan fingerprint density at radius 1 is 1.14 bits per heavy atom. The number of likely N-dealkylation sites (tertiary alicyclic amines) is 1. The van der Waals surface area contributed by atoms with Crippen LogP contribution < -0.4 is 10.1 Å². The maximum Gasteiger partial charge on any atom is 0.236 e. The van der Waals surface area contributed by atoms with Gasteiger partial charge in [-0.15, -0.1) is 24.0 Å². The van der Waals surface area contributed by atoms with Crippen molar-refractivity contribution in [3.8, 4) is 5.75 Å². The topological polar surface area (TPSA) is 60.4 Å². The van der Waals surface area contributed by atoms with Gasteiger partial charge in [-0.1, -0.05) is 17.7 Å². The molecule has 1 N–H and O–H groups in total. The van der Waals surface area contributed by atoms with Gasteiger partial charge in [0.25, 0.3) is 0 Å². The van der Waals surface area contributed by atoms with Crippen LogP contribution in [-0.2, 0) is 11.3 Å². The summed E-state index contributed by atoms with van der Waals surface area (Å²) in [7, 11) is 3.44. The van der Waals surface area contributed by atoms with Crippen LogP contribution in [0.25, 0.3) is 0 Å². The Morgan fingerprint density at radius 2 is 1.83 bits per heavy atom. The average Bonchev–Trinajstić information content (AvgIpc) is 3.25. The first-order valence-electron chi connectivity index (χ1n) is 9.89. The SMILES string of the molecule is CN=C(NCc1ccc(Cl)cc1OC)N1CCN(CC(=O)N2CCCC2)CC1.I. The number of carbonyl (C=O) groups is 1. The molecule has 0 unspecified atom stereocenters. The van der Waals surface area contributed by atoms with Gasteiger partial charge in [-0.25, -0.2) is 0 Å². The second kappa shape index (κ2) is 11.8. The van der Waals surface area contributed by atoms with E-state index in [1.54, 1.807) is 14.2 Å². The third-order valence-corrected chi connectivity index (χ3v) is 5.62. The van der Waals surface area contributed by atoms with Crippen molar-refractivity contribution in [1.82, 2.24) is 20.0 Å². The van der Waals surface area contributed by atoms with Crippen molar-refractivity contribution in [2.75, 3.05) is 60.0 Å². The number of nitrogens with one attached hydrogen (secondary N) is 1. The van der Waals surface area contributed by atoms with Gasteiger partial charge in [0.15, 0.2) is 5.96 Å².